The molecule has 1 aliphatic rings. The number of rotatable bonds is 4. The third kappa shape index (κ3) is 4.48. The predicted octanol–water partition coefficient (Wildman–Crippen LogP) is 3.95. The predicted molar refractivity (Wildman–Crippen MR) is 107 cm³/mol. The van der Waals surface area contributed by atoms with Gasteiger partial charge in [-0.3, -0.25) is 4.79 Å². The molecule has 5 nitrogen and oxygen atoms in total. The number of amides is 1. The van der Waals surface area contributed by atoms with E-state index in [9.17, 15) is 9.59 Å². The van der Waals surface area contributed by atoms with Crippen molar-refractivity contribution >= 4 is 23.3 Å². The molecule has 0 bridgehead atoms. The van der Waals surface area contributed by atoms with Crippen LogP contribution in [-0.4, -0.2) is 32.1 Å². The average Bonchev–Trinajstić information content (AvgIpc) is 2.69. The van der Waals surface area contributed by atoms with Gasteiger partial charge in [-0.05, 0) is 56.5 Å². The van der Waals surface area contributed by atoms with Crippen LogP contribution in [0.25, 0.3) is 0 Å². The molecule has 1 amide bonds. The molecule has 0 atom stereocenters. The van der Waals surface area contributed by atoms with E-state index in [0.717, 1.165) is 31.5 Å². The second-order valence-electron chi connectivity index (χ2n) is 7.11. The van der Waals surface area contributed by atoms with E-state index in [1.54, 1.807) is 12.1 Å². The first kappa shape index (κ1) is 19.0. The van der Waals surface area contributed by atoms with Crippen molar-refractivity contribution in [1.82, 2.24) is 0 Å². The number of benzene rings is 2. The Balaban J connectivity index is 1.61. The topological polar surface area (TPSA) is 58.6 Å². The molecule has 1 aliphatic heterocycles. The Bertz CT molecular complexity index is 822. The van der Waals surface area contributed by atoms with Crippen molar-refractivity contribution in [1.29, 1.82) is 0 Å². The number of carbonyl (C=O) groups excluding carboxylic acids is 2. The SMILES string of the molecule is COC(=O)c1ccc(C)c(NC(=O)C2CCN(c3ccc(C)cc3)CC2)c1. The van der Waals surface area contributed by atoms with Gasteiger partial charge in [0.1, 0.15) is 0 Å². The second kappa shape index (κ2) is 8.25. The van der Waals surface area contributed by atoms with Gasteiger partial charge in [-0.25, -0.2) is 4.79 Å². The molecule has 0 aromatic heterocycles. The van der Waals surface area contributed by atoms with Crippen LogP contribution in [0.4, 0.5) is 11.4 Å². The molecule has 5 heteroatoms. The molecule has 1 heterocycles. The highest BCUT2D eigenvalue weighted by Crippen LogP contribution is 2.25. The van der Waals surface area contributed by atoms with Gasteiger partial charge in [-0.1, -0.05) is 23.8 Å². The minimum absolute atomic E-state index is 0.0173. The first-order valence-corrected chi connectivity index (χ1v) is 9.29. The third-order valence-electron chi connectivity index (χ3n) is 5.18. The molecular weight excluding hydrogens is 340 g/mol. The lowest BCUT2D eigenvalue weighted by atomic mass is 9.95. The van der Waals surface area contributed by atoms with E-state index in [1.165, 1.54) is 18.4 Å². The monoisotopic (exact) mass is 366 g/mol. The molecule has 3 rings (SSSR count). The van der Waals surface area contributed by atoms with Crippen LogP contribution in [0.2, 0.25) is 0 Å². The zero-order valence-electron chi connectivity index (χ0n) is 16.1. The van der Waals surface area contributed by atoms with Crippen molar-refractivity contribution in [2.75, 3.05) is 30.4 Å². The molecule has 27 heavy (non-hydrogen) atoms. The third-order valence-corrected chi connectivity index (χ3v) is 5.18. The van der Waals surface area contributed by atoms with E-state index >= 15 is 0 Å². The van der Waals surface area contributed by atoms with Gasteiger partial charge >= 0.3 is 5.97 Å². The number of hydrogen-bond donors (Lipinski definition) is 1. The molecule has 1 fully saturated rings. The molecule has 142 valence electrons. The van der Waals surface area contributed by atoms with E-state index in [2.05, 4.69) is 41.4 Å². The van der Waals surface area contributed by atoms with Gasteiger partial charge in [0.15, 0.2) is 0 Å². The van der Waals surface area contributed by atoms with Gasteiger partial charge in [-0.15, -0.1) is 0 Å². The highest BCUT2D eigenvalue weighted by atomic mass is 16.5. The van der Waals surface area contributed by atoms with Crippen molar-refractivity contribution in [2.45, 2.75) is 26.7 Å². The van der Waals surface area contributed by atoms with Gasteiger partial charge in [0.2, 0.25) is 5.91 Å². The van der Waals surface area contributed by atoms with Gasteiger partial charge in [0.05, 0.1) is 12.7 Å². The van der Waals surface area contributed by atoms with Crippen molar-refractivity contribution in [2.24, 2.45) is 5.92 Å². The number of anilines is 2. The average molecular weight is 366 g/mol. The second-order valence-corrected chi connectivity index (χ2v) is 7.11. The first-order chi connectivity index (χ1) is 13.0. The molecule has 1 N–H and O–H groups in total. The van der Waals surface area contributed by atoms with Crippen LogP contribution in [0.1, 0.15) is 34.3 Å². The Morgan fingerprint density at radius 2 is 1.70 bits per heavy atom. The summed E-state index contributed by atoms with van der Waals surface area (Å²) in [7, 11) is 1.35. The van der Waals surface area contributed by atoms with Crippen LogP contribution in [0.3, 0.4) is 0 Å². The largest absolute Gasteiger partial charge is 0.465 e. The zero-order chi connectivity index (χ0) is 19.4. The van der Waals surface area contributed by atoms with Crippen molar-refractivity contribution in [3.63, 3.8) is 0 Å². The van der Waals surface area contributed by atoms with Crippen LogP contribution in [-0.2, 0) is 9.53 Å². The fraction of sp³-hybridized carbons (Fsp3) is 0.364. The maximum atomic E-state index is 12.7. The molecular formula is C22H26N2O3. The molecule has 2 aromatic carbocycles. The molecule has 0 saturated carbocycles. The number of ether oxygens (including phenoxy) is 1. The van der Waals surface area contributed by atoms with E-state index in [1.807, 2.05) is 13.0 Å². The fourth-order valence-corrected chi connectivity index (χ4v) is 3.39. The van der Waals surface area contributed by atoms with E-state index in [-0.39, 0.29) is 11.8 Å². The van der Waals surface area contributed by atoms with E-state index < -0.39 is 5.97 Å². The fourth-order valence-electron chi connectivity index (χ4n) is 3.39. The van der Waals surface area contributed by atoms with Crippen LogP contribution >= 0.6 is 0 Å². The zero-order valence-corrected chi connectivity index (χ0v) is 16.1. The summed E-state index contributed by atoms with van der Waals surface area (Å²) < 4.78 is 4.76. The molecule has 0 unspecified atom stereocenters. The summed E-state index contributed by atoms with van der Waals surface area (Å²) >= 11 is 0. The highest BCUT2D eigenvalue weighted by Gasteiger charge is 2.25. The molecule has 0 aliphatic carbocycles. The summed E-state index contributed by atoms with van der Waals surface area (Å²) in [5.41, 5.74) is 4.49. The Morgan fingerprint density at radius 3 is 2.33 bits per heavy atom. The minimum atomic E-state index is -0.406. The maximum Gasteiger partial charge on any atom is 0.337 e. The lowest BCUT2D eigenvalue weighted by Crippen LogP contribution is -2.38. The maximum absolute atomic E-state index is 12.7. The van der Waals surface area contributed by atoms with E-state index in [4.69, 9.17) is 4.74 Å². The standard InChI is InChI=1S/C22H26N2O3/c1-15-4-8-19(9-5-15)24-12-10-17(11-13-24)21(25)23-20-14-18(22(26)27-3)7-6-16(20)2/h4-9,14,17H,10-13H2,1-3H3,(H,23,25). The Labute approximate surface area is 160 Å². The number of esters is 1. The quantitative estimate of drug-likeness (QED) is 0.833. The summed E-state index contributed by atoms with van der Waals surface area (Å²) in [5, 5.41) is 3.00. The van der Waals surface area contributed by atoms with E-state index in [0.29, 0.717) is 11.3 Å². The van der Waals surface area contributed by atoms with Crippen molar-refractivity contribution in [3.05, 3.63) is 59.2 Å². The summed E-state index contributed by atoms with van der Waals surface area (Å²) in [6.07, 6.45) is 1.63. The van der Waals surface area contributed by atoms with Crippen LogP contribution < -0.4 is 10.2 Å². The number of aryl methyl sites for hydroxylation is 2. The summed E-state index contributed by atoms with van der Waals surface area (Å²) in [5.74, 6) is -0.409. The van der Waals surface area contributed by atoms with Gasteiger partial charge in [-0.2, -0.15) is 0 Å². The molecule has 0 spiro atoms. The highest BCUT2D eigenvalue weighted by molar-refractivity contribution is 5.96. The number of piperidine rings is 1. The van der Waals surface area contributed by atoms with Gasteiger partial charge in [0.25, 0.3) is 0 Å². The molecule has 1 saturated heterocycles. The number of carbonyl (C=O) groups is 2. The molecule has 0 radical (unpaired) electrons. The number of nitrogens with zero attached hydrogens (tertiary/aromatic N) is 1. The Kier molecular flexibility index (Phi) is 5.79. The Morgan fingerprint density at radius 1 is 1.04 bits per heavy atom. The summed E-state index contributed by atoms with van der Waals surface area (Å²) in [6.45, 7) is 5.72. The van der Waals surface area contributed by atoms with Gasteiger partial charge in [0, 0.05) is 30.4 Å². The normalized spacial score (nSPS) is 14.7. The van der Waals surface area contributed by atoms with Gasteiger partial charge < -0.3 is 15.0 Å². The number of hydrogen-bond acceptors (Lipinski definition) is 4. The summed E-state index contributed by atoms with van der Waals surface area (Å²) in [6, 6.07) is 13.7. The lowest BCUT2D eigenvalue weighted by Gasteiger charge is -2.33. The smallest absolute Gasteiger partial charge is 0.337 e. The van der Waals surface area contributed by atoms with Crippen molar-refractivity contribution in [3.8, 4) is 0 Å². The van der Waals surface area contributed by atoms with Crippen LogP contribution in [0.5, 0.6) is 0 Å². The first-order valence-electron chi connectivity index (χ1n) is 9.29. The number of methoxy groups -OCH3 is 1. The summed E-state index contributed by atoms with van der Waals surface area (Å²) in [4.78, 5) is 26.8. The van der Waals surface area contributed by atoms with Crippen molar-refractivity contribution < 1.29 is 14.3 Å². The molecule has 2 aromatic rings. The number of nitrogens with one attached hydrogen (secondary N) is 1. The minimum Gasteiger partial charge on any atom is -0.465 e. The van der Waals surface area contributed by atoms with Crippen LogP contribution in [0, 0.1) is 19.8 Å². The lowest BCUT2D eigenvalue weighted by molar-refractivity contribution is -0.120. The van der Waals surface area contributed by atoms with Crippen LogP contribution in [0.15, 0.2) is 42.5 Å². The Hall–Kier alpha value is -2.82.